The van der Waals surface area contributed by atoms with Crippen molar-refractivity contribution in [1.29, 1.82) is 5.26 Å². The van der Waals surface area contributed by atoms with Crippen LogP contribution in [0.15, 0.2) is 0 Å². The zero-order valence-corrected chi connectivity index (χ0v) is 6.13. The van der Waals surface area contributed by atoms with Gasteiger partial charge in [0.1, 0.15) is 0 Å². The molecule has 0 N–H and O–H groups in total. The molecule has 0 amide bonds. The summed E-state index contributed by atoms with van der Waals surface area (Å²) in [7, 11) is 0. The molecule has 0 saturated carbocycles. The molecule has 1 atom stereocenters. The number of alkyl halides is 2. The van der Waals surface area contributed by atoms with Crippen LogP contribution in [0, 0.1) is 11.3 Å². The van der Waals surface area contributed by atoms with Gasteiger partial charge in [-0.05, 0) is 19.4 Å². The Morgan fingerprint density at radius 1 is 1.64 bits per heavy atom. The first kappa shape index (κ1) is 8.41. The predicted molar refractivity (Wildman–Crippen MR) is 36.2 cm³/mol. The molecule has 0 spiro atoms. The Balaban J connectivity index is 2.39. The summed E-state index contributed by atoms with van der Waals surface area (Å²) in [6, 6.07) is 1.74. The number of likely N-dealkylation sites (tertiary alicyclic amines) is 1. The molecule has 11 heavy (non-hydrogen) atoms. The van der Waals surface area contributed by atoms with Crippen LogP contribution in [0.2, 0.25) is 0 Å². The van der Waals surface area contributed by atoms with E-state index in [0.29, 0.717) is 6.54 Å². The number of nitrogens with zero attached hydrogens (tertiary/aromatic N) is 2. The van der Waals surface area contributed by atoms with Crippen LogP contribution in [0.3, 0.4) is 0 Å². The van der Waals surface area contributed by atoms with E-state index in [-0.39, 0.29) is 12.6 Å². The van der Waals surface area contributed by atoms with Gasteiger partial charge in [0.2, 0.25) is 0 Å². The summed E-state index contributed by atoms with van der Waals surface area (Å²) < 4.78 is 23.7. The Morgan fingerprint density at radius 3 is 2.91 bits per heavy atom. The van der Waals surface area contributed by atoms with Gasteiger partial charge in [-0.1, -0.05) is 0 Å². The summed E-state index contributed by atoms with van der Waals surface area (Å²) in [5, 5.41) is 8.51. The molecule has 1 saturated heterocycles. The first-order valence-electron chi connectivity index (χ1n) is 3.66. The third kappa shape index (κ3) is 2.12. The SMILES string of the molecule is N#CC1CCCN1CC(F)F. The summed E-state index contributed by atoms with van der Waals surface area (Å²) in [4.78, 5) is 1.55. The van der Waals surface area contributed by atoms with Crippen molar-refractivity contribution >= 4 is 0 Å². The molecule has 1 aliphatic heterocycles. The molecular formula is C7H10F2N2. The van der Waals surface area contributed by atoms with Crippen LogP contribution in [0.5, 0.6) is 0 Å². The van der Waals surface area contributed by atoms with Gasteiger partial charge in [-0.3, -0.25) is 4.90 Å². The molecule has 1 unspecified atom stereocenters. The van der Waals surface area contributed by atoms with Crippen molar-refractivity contribution in [3.05, 3.63) is 0 Å². The van der Waals surface area contributed by atoms with Gasteiger partial charge in [-0.25, -0.2) is 8.78 Å². The molecule has 0 aromatic rings. The maximum atomic E-state index is 11.8. The van der Waals surface area contributed by atoms with E-state index in [0.717, 1.165) is 12.8 Å². The Labute approximate surface area is 64.4 Å². The minimum Gasteiger partial charge on any atom is -0.282 e. The van der Waals surface area contributed by atoms with E-state index in [4.69, 9.17) is 5.26 Å². The summed E-state index contributed by atoms with van der Waals surface area (Å²) in [5.41, 5.74) is 0. The lowest BCUT2D eigenvalue weighted by atomic mass is 10.2. The predicted octanol–water partition coefficient (Wildman–Crippen LogP) is 1.24. The Hall–Kier alpha value is -0.690. The molecule has 0 bridgehead atoms. The van der Waals surface area contributed by atoms with Crippen molar-refractivity contribution in [2.45, 2.75) is 25.3 Å². The van der Waals surface area contributed by atoms with E-state index in [1.54, 1.807) is 4.90 Å². The monoisotopic (exact) mass is 160 g/mol. The standard InChI is InChI=1S/C7H10F2N2/c8-7(9)5-11-3-1-2-6(11)4-10/h6-7H,1-3,5H2. The first-order valence-corrected chi connectivity index (χ1v) is 3.66. The quantitative estimate of drug-likeness (QED) is 0.607. The second-order valence-electron chi connectivity index (χ2n) is 2.67. The maximum Gasteiger partial charge on any atom is 0.251 e. The fourth-order valence-electron chi connectivity index (χ4n) is 1.37. The lowest BCUT2D eigenvalue weighted by molar-refractivity contribution is 0.0910. The highest BCUT2D eigenvalue weighted by molar-refractivity contribution is 4.95. The minimum absolute atomic E-state index is 0.252. The number of nitriles is 1. The van der Waals surface area contributed by atoms with Gasteiger partial charge in [-0.2, -0.15) is 5.26 Å². The second kappa shape index (κ2) is 3.63. The average Bonchev–Trinajstić information content (AvgIpc) is 2.34. The normalized spacial score (nSPS) is 25.8. The number of hydrogen-bond acceptors (Lipinski definition) is 2. The van der Waals surface area contributed by atoms with Crippen LogP contribution in [0.4, 0.5) is 8.78 Å². The van der Waals surface area contributed by atoms with E-state index in [1.807, 2.05) is 6.07 Å². The molecule has 0 aromatic carbocycles. The van der Waals surface area contributed by atoms with Crippen molar-refractivity contribution in [3.8, 4) is 6.07 Å². The molecule has 0 aliphatic carbocycles. The van der Waals surface area contributed by atoms with E-state index in [2.05, 4.69) is 0 Å². The van der Waals surface area contributed by atoms with Crippen molar-refractivity contribution in [3.63, 3.8) is 0 Å². The van der Waals surface area contributed by atoms with Crippen LogP contribution < -0.4 is 0 Å². The highest BCUT2D eigenvalue weighted by Crippen LogP contribution is 2.17. The Morgan fingerprint density at radius 2 is 2.36 bits per heavy atom. The molecule has 1 heterocycles. The third-order valence-corrected chi connectivity index (χ3v) is 1.89. The largest absolute Gasteiger partial charge is 0.282 e. The number of rotatable bonds is 2. The van der Waals surface area contributed by atoms with Crippen molar-refractivity contribution in [2.75, 3.05) is 13.1 Å². The summed E-state index contributed by atoms with van der Waals surface area (Å²) in [6.45, 7) is 0.390. The molecule has 0 radical (unpaired) electrons. The van der Waals surface area contributed by atoms with Gasteiger partial charge in [0, 0.05) is 0 Å². The molecule has 62 valence electrons. The van der Waals surface area contributed by atoms with Gasteiger partial charge < -0.3 is 0 Å². The molecule has 1 aliphatic rings. The molecule has 2 nitrogen and oxygen atoms in total. The van der Waals surface area contributed by atoms with Gasteiger partial charge in [0.25, 0.3) is 6.43 Å². The van der Waals surface area contributed by atoms with Crippen LogP contribution in [-0.2, 0) is 0 Å². The van der Waals surface area contributed by atoms with Crippen LogP contribution in [-0.4, -0.2) is 30.5 Å². The molecule has 1 rings (SSSR count). The fraction of sp³-hybridized carbons (Fsp3) is 0.857. The maximum absolute atomic E-state index is 11.8. The van der Waals surface area contributed by atoms with Gasteiger partial charge in [0.05, 0.1) is 18.7 Å². The fourth-order valence-corrected chi connectivity index (χ4v) is 1.37. The summed E-state index contributed by atoms with van der Waals surface area (Å²) in [6.07, 6.45) is -0.710. The van der Waals surface area contributed by atoms with Gasteiger partial charge in [-0.15, -0.1) is 0 Å². The highest BCUT2D eigenvalue weighted by Gasteiger charge is 2.25. The lowest BCUT2D eigenvalue weighted by Gasteiger charge is -2.17. The second-order valence-corrected chi connectivity index (χ2v) is 2.67. The zero-order chi connectivity index (χ0) is 8.27. The molecule has 0 aromatic heterocycles. The van der Waals surface area contributed by atoms with E-state index >= 15 is 0 Å². The zero-order valence-electron chi connectivity index (χ0n) is 6.13. The summed E-state index contributed by atoms with van der Waals surface area (Å²) >= 11 is 0. The Bertz CT molecular complexity index is 164. The van der Waals surface area contributed by atoms with Crippen LogP contribution >= 0.6 is 0 Å². The first-order chi connectivity index (χ1) is 5.24. The third-order valence-electron chi connectivity index (χ3n) is 1.89. The Kier molecular flexibility index (Phi) is 2.77. The van der Waals surface area contributed by atoms with E-state index < -0.39 is 6.43 Å². The van der Waals surface area contributed by atoms with Crippen LogP contribution in [0.1, 0.15) is 12.8 Å². The van der Waals surface area contributed by atoms with E-state index in [1.165, 1.54) is 0 Å². The highest BCUT2D eigenvalue weighted by atomic mass is 19.3. The van der Waals surface area contributed by atoms with E-state index in [9.17, 15) is 8.78 Å². The topological polar surface area (TPSA) is 27.0 Å². The lowest BCUT2D eigenvalue weighted by Crippen LogP contribution is -2.32. The van der Waals surface area contributed by atoms with Crippen molar-refractivity contribution < 1.29 is 8.78 Å². The molecular weight excluding hydrogens is 150 g/mol. The van der Waals surface area contributed by atoms with Crippen LogP contribution in [0.25, 0.3) is 0 Å². The minimum atomic E-state index is -2.32. The van der Waals surface area contributed by atoms with Crippen molar-refractivity contribution in [2.24, 2.45) is 0 Å². The van der Waals surface area contributed by atoms with Crippen molar-refractivity contribution in [1.82, 2.24) is 4.90 Å². The number of halogens is 2. The molecule has 1 fully saturated rings. The number of hydrogen-bond donors (Lipinski definition) is 0. The summed E-state index contributed by atoms with van der Waals surface area (Å²) in [5.74, 6) is 0. The smallest absolute Gasteiger partial charge is 0.251 e. The van der Waals surface area contributed by atoms with Gasteiger partial charge in [0.15, 0.2) is 0 Å². The van der Waals surface area contributed by atoms with Gasteiger partial charge >= 0.3 is 0 Å². The average molecular weight is 160 g/mol. The molecule has 4 heteroatoms.